The van der Waals surface area contributed by atoms with Crippen LogP contribution in [-0.2, 0) is 20.7 Å². The molecule has 1 aromatic rings. The number of nitrogens with one attached hydrogen (secondary N) is 1. The van der Waals surface area contributed by atoms with Crippen LogP contribution < -0.4 is 11.1 Å². The predicted octanol–water partition coefficient (Wildman–Crippen LogP) is 1.26. The molecule has 1 fully saturated rings. The van der Waals surface area contributed by atoms with E-state index < -0.39 is 0 Å². The van der Waals surface area contributed by atoms with Gasteiger partial charge in [-0.05, 0) is 25.0 Å². The van der Waals surface area contributed by atoms with Crippen molar-refractivity contribution in [2.45, 2.75) is 31.9 Å². The summed E-state index contributed by atoms with van der Waals surface area (Å²) in [7, 11) is 0. The molecule has 1 saturated heterocycles. The van der Waals surface area contributed by atoms with E-state index in [1.165, 1.54) is 13.0 Å². The lowest BCUT2D eigenvalue weighted by Gasteiger charge is -2.30. The lowest BCUT2D eigenvalue weighted by atomic mass is 10.0. The SMILES string of the molecule is CC(=O)OC[C@@H]1CO[C@H](CCc2c(N)cccc2F)CN1. The molecule has 21 heavy (non-hydrogen) atoms. The van der Waals surface area contributed by atoms with Gasteiger partial charge in [-0.2, -0.15) is 0 Å². The van der Waals surface area contributed by atoms with Crippen molar-refractivity contribution < 1.29 is 18.7 Å². The molecule has 116 valence electrons. The normalized spacial score (nSPS) is 22.0. The number of nitrogen functional groups attached to an aromatic ring is 1. The van der Waals surface area contributed by atoms with Crippen LogP contribution in [0.5, 0.6) is 0 Å². The standard InChI is InChI=1S/C15H21FN2O3/c1-10(19)20-8-11-9-21-12(7-18-11)5-6-13-14(16)3-2-4-15(13)17/h2-4,11-12,18H,5-9,17H2,1H3/t11-,12-/m1/s1. The minimum absolute atomic E-state index is 0.0117. The first-order valence-corrected chi connectivity index (χ1v) is 7.07. The number of morpholine rings is 1. The van der Waals surface area contributed by atoms with Gasteiger partial charge in [0.2, 0.25) is 0 Å². The first-order chi connectivity index (χ1) is 10.1. The number of halogens is 1. The molecule has 0 saturated carbocycles. The van der Waals surface area contributed by atoms with Gasteiger partial charge in [-0.15, -0.1) is 0 Å². The molecular formula is C15H21FN2O3. The highest BCUT2D eigenvalue weighted by Gasteiger charge is 2.22. The van der Waals surface area contributed by atoms with Gasteiger partial charge < -0.3 is 20.5 Å². The number of benzene rings is 1. The average Bonchev–Trinajstić information content (AvgIpc) is 2.46. The van der Waals surface area contributed by atoms with Gasteiger partial charge in [-0.1, -0.05) is 6.07 Å². The maximum absolute atomic E-state index is 13.7. The molecule has 2 atom stereocenters. The van der Waals surface area contributed by atoms with Crippen molar-refractivity contribution in [2.24, 2.45) is 0 Å². The first-order valence-electron chi connectivity index (χ1n) is 7.07. The summed E-state index contributed by atoms with van der Waals surface area (Å²) in [5.74, 6) is -0.569. The number of hydrogen-bond donors (Lipinski definition) is 2. The van der Waals surface area contributed by atoms with Gasteiger partial charge in [0.1, 0.15) is 12.4 Å². The molecule has 0 radical (unpaired) electrons. The van der Waals surface area contributed by atoms with E-state index in [1.54, 1.807) is 12.1 Å². The Balaban J connectivity index is 1.75. The number of rotatable bonds is 5. The zero-order valence-electron chi connectivity index (χ0n) is 12.1. The van der Waals surface area contributed by atoms with Gasteiger partial charge in [0.15, 0.2) is 0 Å². The highest BCUT2D eigenvalue weighted by atomic mass is 19.1. The van der Waals surface area contributed by atoms with Crippen LogP contribution in [-0.4, -0.2) is 37.9 Å². The number of esters is 1. The summed E-state index contributed by atoms with van der Waals surface area (Å²) in [6, 6.07) is 4.74. The Kier molecular flexibility index (Phi) is 5.52. The quantitative estimate of drug-likeness (QED) is 0.632. The van der Waals surface area contributed by atoms with Gasteiger partial charge in [0.25, 0.3) is 0 Å². The second-order valence-electron chi connectivity index (χ2n) is 5.21. The molecule has 0 unspecified atom stereocenters. The maximum Gasteiger partial charge on any atom is 0.302 e. The third-order valence-electron chi connectivity index (χ3n) is 3.53. The largest absolute Gasteiger partial charge is 0.464 e. The molecule has 0 aromatic heterocycles. The van der Waals surface area contributed by atoms with Crippen molar-refractivity contribution in [1.29, 1.82) is 0 Å². The van der Waals surface area contributed by atoms with E-state index in [4.69, 9.17) is 15.2 Å². The molecule has 5 nitrogen and oxygen atoms in total. The Bertz CT molecular complexity index is 468. The van der Waals surface area contributed by atoms with Gasteiger partial charge >= 0.3 is 5.97 Å². The summed E-state index contributed by atoms with van der Waals surface area (Å²) in [5.41, 5.74) is 6.80. The molecule has 6 heteroatoms. The van der Waals surface area contributed by atoms with Crippen LogP contribution in [0.4, 0.5) is 10.1 Å². The number of hydrogen-bond acceptors (Lipinski definition) is 5. The summed E-state index contributed by atoms with van der Waals surface area (Å²) in [5, 5.41) is 3.26. The first kappa shape index (κ1) is 15.7. The molecule has 0 spiro atoms. The van der Waals surface area contributed by atoms with Gasteiger partial charge in [-0.3, -0.25) is 4.79 Å². The topological polar surface area (TPSA) is 73.6 Å². The number of anilines is 1. The molecule has 0 bridgehead atoms. The minimum atomic E-state index is -0.297. The van der Waals surface area contributed by atoms with E-state index in [-0.39, 0.29) is 23.9 Å². The zero-order valence-corrected chi connectivity index (χ0v) is 12.1. The third kappa shape index (κ3) is 4.68. The molecule has 0 amide bonds. The van der Waals surface area contributed by atoms with Crippen LogP contribution in [0.2, 0.25) is 0 Å². The highest BCUT2D eigenvalue weighted by molar-refractivity contribution is 5.65. The maximum atomic E-state index is 13.7. The zero-order chi connectivity index (χ0) is 15.2. The molecule has 1 aromatic carbocycles. The van der Waals surface area contributed by atoms with Crippen molar-refractivity contribution in [3.63, 3.8) is 0 Å². The summed E-state index contributed by atoms with van der Waals surface area (Å²) in [6.07, 6.45) is 1.25. The number of carbonyl (C=O) groups is 1. The van der Waals surface area contributed by atoms with Gasteiger partial charge in [0, 0.05) is 24.7 Å². The molecular weight excluding hydrogens is 275 g/mol. The van der Waals surface area contributed by atoms with Crippen LogP contribution in [0.1, 0.15) is 18.9 Å². The second kappa shape index (κ2) is 7.38. The Morgan fingerprint density at radius 3 is 3.00 bits per heavy atom. The van der Waals surface area contributed by atoms with Crippen molar-refractivity contribution in [2.75, 3.05) is 25.5 Å². The fourth-order valence-corrected chi connectivity index (χ4v) is 2.32. The molecule has 1 heterocycles. The Labute approximate surface area is 123 Å². The van der Waals surface area contributed by atoms with Crippen molar-refractivity contribution >= 4 is 11.7 Å². The van der Waals surface area contributed by atoms with E-state index in [9.17, 15) is 9.18 Å². The van der Waals surface area contributed by atoms with E-state index in [1.807, 2.05) is 0 Å². The van der Waals surface area contributed by atoms with Crippen molar-refractivity contribution in [1.82, 2.24) is 5.32 Å². The smallest absolute Gasteiger partial charge is 0.302 e. The highest BCUT2D eigenvalue weighted by Crippen LogP contribution is 2.19. The van der Waals surface area contributed by atoms with Crippen LogP contribution in [0, 0.1) is 5.82 Å². The minimum Gasteiger partial charge on any atom is -0.464 e. The summed E-state index contributed by atoms with van der Waals surface area (Å²) >= 11 is 0. The van der Waals surface area contributed by atoms with E-state index in [0.717, 1.165) is 0 Å². The summed E-state index contributed by atoms with van der Waals surface area (Å²) in [6.45, 7) is 2.82. The average molecular weight is 296 g/mol. The van der Waals surface area contributed by atoms with E-state index in [2.05, 4.69) is 5.32 Å². The van der Waals surface area contributed by atoms with Gasteiger partial charge in [0.05, 0.1) is 18.8 Å². The lowest BCUT2D eigenvalue weighted by Crippen LogP contribution is -2.48. The van der Waals surface area contributed by atoms with Crippen LogP contribution in [0.25, 0.3) is 0 Å². The monoisotopic (exact) mass is 296 g/mol. The Morgan fingerprint density at radius 2 is 2.38 bits per heavy atom. The predicted molar refractivity (Wildman–Crippen MR) is 77.3 cm³/mol. The fraction of sp³-hybridized carbons (Fsp3) is 0.533. The van der Waals surface area contributed by atoms with Crippen LogP contribution in [0.3, 0.4) is 0 Å². The Hall–Kier alpha value is -1.66. The molecule has 2 rings (SSSR count). The summed E-state index contributed by atoms with van der Waals surface area (Å²) in [4.78, 5) is 10.7. The lowest BCUT2D eigenvalue weighted by molar-refractivity contribution is -0.143. The number of carbonyl (C=O) groups excluding carboxylic acids is 1. The van der Waals surface area contributed by atoms with E-state index in [0.29, 0.717) is 43.9 Å². The van der Waals surface area contributed by atoms with Crippen LogP contribution in [0.15, 0.2) is 18.2 Å². The number of nitrogens with two attached hydrogens (primary N) is 1. The molecule has 0 aliphatic carbocycles. The third-order valence-corrected chi connectivity index (χ3v) is 3.53. The fourth-order valence-electron chi connectivity index (χ4n) is 2.32. The van der Waals surface area contributed by atoms with Crippen molar-refractivity contribution in [3.8, 4) is 0 Å². The molecule has 1 aliphatic rings. The molecule has 1 aliphatic heterocycles. The van der Waals surface area contributed by atoms with E-state index >= 15 is 0 Å². The summed E-state index contributed by atoms with van der Waals surface area (Å²) < 4.78 is 24.3. The van der Waals surface area contributed by atoms with Crippen LogP contribution >= 0.6 is 0 Å². The number of ether oxygens (including phenoxy) is 2. The Morgan fingerprint density at radius 1 is 1.57 bits per heavy atom. The molecule has 3 N–H and O–H groups in total. The van der Waals surface area contributed by atoms with Gasteiger partial charge in [-0.25, -0.2) is 4.39 Å². The second-order valence-corrected chi connectivity index (χ2v) is 5.21. The van der Waals surface area contributed by atoms with Crippen molar-refractivity contribution in [3.05, 3.63) is 29.6 Å².